The second kappa shape index (κ2) is 15.6. The van der Waals surface area contributed by atoms with Crippen molar-refractivity contribution in [2.45, 2.75) is 70.2 Å². The summed E-state index contributed by atoms with van der Waals surface area (Å²) in [5.41, 5.74) is 2.79. The summed E-state index contributed by atoms with van der Waals surface area (Å²) in [6.45, 7) is 5.28. The molecule has 0 saturated carbocycles. The van der Waals surface area contributed by atoms with E-state index in [1.165, 1.54) is 12.1 Å². The summed E-state index contributed by atoms with van der Waals surface area (Å²) in [6, 6.07) is 22.7. The van der Waals surface area contributed by atoms with Crippen molar-refractivity contribution in [1.82, 2.24) is 10.6 Å². The van der Waals surface area contributed by atoms with Gasteiger partial charge < -0.3 is 20.4 Å². The smallest absolute Gasteiger partial charge is 0.206 e. The minimum atomic E-state index is -3.69. The van der Waals surface area contributed by atoms with Gasteiger partial charge in [0.15, 0.2) is 0 Å². The van der Waals surface area contributed by atoms with E-state index in [9.17, 15) is 25.6 Å². The Hall–Kier alpha value is -3.55. The van der Waals surface area contributed by atoms with Gasteiger partial charge in [-0.1, -0.05) is 36.4 Å². The van der Waals surface area contributed by atoms with Crippen molar-refractivity contribution in [2.24, 2.45) is 0 Å². The molecule has 8 nitrogen and oxygen atoms in total. The molecular weight excluding hydrogens is 714 g/mol. The molecule has 0 spiro atoms. The molecular formula is C38H43ClF2N4O4S2. The first kappa shape index (κ1) is 37.2. The fourth-order valence-electron chi connectivity index (χ4n) is 7.74. The van der Waals surface area contributed by atoms with Crippen LogP contribution in [0.5, 0.6) is 0 Å². The van der Waals surface area contributed by atoms with E-state index in [1.807, 2.05) is 0 Å². The molecule has 0 aliphatic carbocycles. The highest BCUT2D eigenvalue weighted by Gasteiger charge is 2.33. The first-order chi connectivity index (χ1) is 24.1. The summed E-state index contributed by atoms with van der Waals surface area (Å²) in [4.78, 5) is 4.74. The summed E-state index contributed by atoms with van der Waals surface area (Å²) in [7, 11) is -7.39. The average molecular weight is 757 g/mol. The number of benzene rings is 4. The summed E-state index contributed by atoms with van der Waals surface area (Å²) >= 11 is 0. The zero-order valence-electron chi connectivity index (χ0n) is 28.2. The van der Waals surface area contributed by atoms with Crippen molar-refractivity contribution < 1.29 is 25.6 Å². The molecule has 4 aromatic rings. The third kappa shape index (κ3) is 7.52. The van der Waals surface area contributed by atoms with Crippen LogP contribution >= 0.6 is 12.4 Å². The highest BCUT2D eigenvalue weighted by Crippen LogP contribution is 2.39. The summed E-state index contributed by atoms with van der Waals surface area (Å²) in [5.74, 6) is -0.855. The molecule has 13 heteroatoms. The van der Waals surface area contributed by atoms with Crippen molar-refractivity contribution in [3.05, 3.63) is 108 Å². The third-order valence-electron chi connectivity index (χ3n) is 10.3. The molecule has 272 valence electrons. The van der Waals surface area contributed by atoms with Crippen LogP contribution in [0.2, 0.25) is 0 Å². The fourth-order valence-corrected chi connectivity index (χ4v) is 10.4. The maximum Gasteiger partial charge on any atom is 0.206 e. The van der Waals surface area contributed by atoms with Crippen LogP contribution in [-0.4, -0.2) is 68.2 Å². The number of rotatable bonds is 6. The Kier molecular flexibility index (Phi) is 11.4. The second-order valence-corrected chi connectivity index (χ2v) is 17.2. The average Bonchev–Trinajstić information content (AvgIpc) is 3.79. The van der Waals surface area contributed by atoms with E-state index < -0.39 is 31.3 Å². The van der Waals surface area contributed by atoms with Gasteiger partial charge in [-0.15, -0.1) is 12.4 Å². The SMILES string of the molecule is Cl.O=S(=O)(c1ccccc1)c1cc(F)c2c(c1)CCN2C1CCNCC1.O=S(=O)(c1ccccc1)c1cc(F)c2c(c1)CCN2C1CCNCC1. The molecule has 0 bridgehead atoms. The molecule has 2 N–H and O–H groups in total. The van der Waals surface area contributed by atoms with E-state index in [4.69, 9.17) is 0 Å². The summed E-state index contributed by atoms with van der Waals surface area (Å²) in [5, 5.41) is 6.65. The molecule has 0 atom stereocenters. The Morgan fingerprint density at radius 2 is 0.882 bits per heavy atom. The predicted octanol–water partition coefficient (Wildman–Crippen LogP) is 5.97. The van der Waals surface area contributed by atoms with Crippen LogP contribution in [0.1, 0.15) is 36.8 Å². The molecule has 4 heterocycles. The fraction of sp³-hybridized carbons (Fsp3) is 0.368. The number of sulfone groups is 2. The zero-order valence-corrected chi connectivity index (χ0v) is 30.7. The van der Waals surface area contributed by atoms with E-state index in [-0.39, 0.29) is 32.0 Å². The third-order valence-corrected chi connectivity index (χ3v) is 13.8. The number of halogens is 3. The quantitative estimate of drug-likeness (QED) is 0.249. The second-order valence-electron chi connectivity index (χ2n) is 13.3. The molecule has 4 aromatic carbocycles. The molecule has 51 heavy (non-hydrogen) atoms. The van der Waals surface area contributed by atoms with Gasteiger partial charge in [0.1, 0.15) is 11.6 Å². The maximum absolute atomic E-state index is 14.9. The van der Waals surface area contributed by atoms with Gasteiger partial charge in [0, 0.05) is 25.2 Å². The Labute approximate surface area is 305 Å². The van der Waals surface area contributed by atoms with Gasteiger partial charge in [-0.25, -0.2) is 25.6 Å². The van der Waals surface area contributed by atoms with Gasteiger partial charge in [-0.3, -0.25) is 0 Å². The standard InChI is InChI=1S/2C19H21FN2O2S.ClH/c2*20-18-13-17(25(23,24)16-4-2-1-3-5-16)12-14-8-11-22(19(14)18)15-6-9-21-10-7-15;/h2*1-5,12-13,15,21H,6-11H2;1H. The van der Waals surface area contributed by atoms with Gasteiger partial charge in [0.2, 0.25) is 19.7 Å². The zero-order chi connectivity index (χ0) is 34.9. The van der Waals surface area contributed by atoms with Crippen molar-refractivity contribution in [3.8, 4) is 0 Å². The minimum absolute atomic E-state index is 0. The van der Waals surface area contributed by atoms with Crippen LogP contribution in [0, 0.1) is 11.6 Å². The van der Waals surface area contributed by atoms with Crippen LogP contribution in [0.4, 0.5) is 20.2 Å². The van der Waals surface area contributed by atoms with E-state index in [1.54, 1.807) is 72.8 Å². The van der Waals surface area contributed by atoms with Gasteiger partial charge >= 0.3 is 0 Å². The number of piperidine rings is 2. The monoisotopic (exact) mass is 756 g/mol. The van der Waals surface area contributed by atoms with E-state index in [0.717, 1.165) is 76.1 Å². The van der Waals surface area contributed by atoms with Crippen LogP contribution in [0.15, 0.2) is 105 Å². The van der Waals surface area contributed by atoms with Crippen molar-refractivity contribution in [3.63, 3.8) is 0 Å². The highest BCUT2D eigenvalue weighted by molar-refractivity contribution is 7.91. The maximum atomic E-state index is 14.9. The normalized spacial score (nSPS) is 18.0. The molecule has 4 aliphatic rings. The molecule has 8 rings (SSSR count). The minimum Gasteiger partial charge on any atom is -0.366 e. The summed E-state index contributed by atoms with van der Waals surface area (Å²) in [6.07, 6.45) is 5.33. The van der Waals surface area contributed by atoms with Gasteiger partial charge in [0.25, 0.3) is 0 Å². The van der Waals surface area contributed by atoms with Crippen LogP contribution in [-0.2, 0) is 32.5 Å². The largest absolute Gasteiger partial charge is 0.366 e. The first-order valence-corrected chi connectivity index (χ1v) is 20.3. The Balaban J connectivity index is 0.000000172. The topological polar surface area (TPSA) is 98.8 Å². The predicted molar refractivity (Wildman–Crippen MR) is 198 cm³/mol. The molecule has 0 aromatic heterocycles. The number of nitrogens with zero attached hydrogens (tertiary/aromatic N) is 2. The van der Waals surface area contributed by atoms with Crippen molar-refractivity contribution in [1.29, 1.82) is 0 Å². The lowest BCUT2D eigenvalue weighted by molar-refractivity contribution is 0.432. The lowest BCUT2D eigenvalue weighted by Crippen LogP contribution is -2.42. The molecule has 0 radical (unpaired) electrons. The Morgan fingerprint density at radius 1 is 0.529 bits per heavy atom. The van der Waals surface area contributed by atoms with Crippen LogP contribution < -0.4 is 20.4 Å². The number of fused-ring (bicyclic) bond motifs is 2. The molecule has 0 unspecified atom stereocenters. The highest BCUT2D eigenvalue weighted by atomic mass is 35.5. The molecule has 2 fully saturated rings. The molecule has 2 saturated heterocycles. The number of nitrogens with one attached hydrogen (secondary N) is 2. The van der Waals surface area contributed by atoms with E-state index in [2.05, 4.69) is 20.4 Å². The molecule has 0 amide bonds. The number of hydrogen-bond acceptors (Lipinski definition) is 8. The van der Waals surface area contributed by atoms with E-state index in [0.29, 0.717) is 36.3 Å². The lowest BCUT2D eigenvalue weighted by Gasteiger charge is -2.33. The Morgan fingerprint density at radius 3 is 1.24 bits per heavy atom. The van der Waals surface area contributed by atoms with E-state index >= 15 is 0 Å². The van der Waals surface area contributed by atoms with Crippen LogP contribution in [0.3, 0.4) is 0 Å². The summed E-state index contributed by atoms with van der Waals surface area (Å²) < 4.78 is 80.9. The Bertz CT molecular complexity index is 1910. The number of hydrogen-bond donors (Lipinski definition) is 2. The van der Waals surface area contributed by atoms with Crippen molar-refractivity contribution in [2.75, 3.05) is 49.1 Å². The van der Waals surface area contributed by atoms with Crippen molar-refractivity contribution >= 4 is 43.5 Å². The van der Waals surface area contributed by atoms with Crippen LogP contribution in [0.25, 0.3) is 0 Å². The van der Waals surface area contributed by atoms with Gasteiger partial charge in [0.05, 0.1) is 31.0 Å². The first-order valence-electron chi connectivity index (χ1n) is 17.3. The molecule has 4 aliphatic heterocycles. The van der Waals surface area contributed by atoms with Gasteiger partial charge in [-0.2, -0.15) is 0 Å². The van der Waals surface area contributed by atoms with Gasteiger partial charge in [-0.05, 0) is 124 Å². The lowest BCUT2D eigenvalue weighted by atomic mass is 10.0. The number of anilines is 2.